The van der Waals surface area contributed by atoms with Crippen LogP contribution in [0.15, 0.2) is 400 Å². The lowest BCUT2D eigenvalue weighted by molar-refractivity contribution is 0.659. The summed E-state index contributed by atoms with van der Waals surface area (Å²) < 4.78 is 0. The maximum atomic E-state index is 2.41. The molecule has 0 unspecified atom stereocenters. The molecule has 0 fully saturated rings. The fourth-order valence-corrected chi connectivity index (χ4v) is 23.2. The Kier molecular flexibility index (Phi) is 19.8. The van der Waals surface area contributed by atoms with Crippen molar-refractivity contribution in [1.82, 2.24) is 0 Å². The van der Waals surface area contributed by atoms with Crippen LogP contribution in [-0.4, -0.2) is 0 Å². The highest BCUT2D eigenvalue weighted by Crippen LogP contribution is 2.66. The van der Waals surface area contributed by atoms with Crippen LogP contribution < -0.4 is 0 Å². The second kappa shape index (κ2) is 31.0. The maximum Gasteiger partial charge on any atom is 0.0725 e. The fraction of sp³-hybridized carbons (Fsp3) is 0.143. The van der Waals surface area contributed by atoms with E-state index in [2.05, 4.69) is 483 Å². The van der Waals surface area contributed by atoms with Gasteiger partial charge in [-0.15, -0.1) is 0 Å². The van der Waals surface area contributed by atoms with E-state index in [1.54, 1.807) is 0 Å². The van der Waals surface area contributed by atoms with Gasteiger partial charge in [-0.05, 0) is 247 Å². The predicted octanol–water partition coefficient (Wildman–Crippen LogP) is 31.9. The van der Waals surface area contributed by atoms with E-state index < -0.39 is 0 Å². The van der Waals surface area contributed by atoms with Gasteiger partial charge in [-0.1, -0.05) is 477 Å². The molecule has 0 bridgehead atoms. The molecule has 7 aliphatic carbocycles. The molecule has 0 N–H and O–H groups in total. The second-order valence-corrected chi connectivity index (χ2v) is 36.8. The third-order valence-electron chi connectivity index (χ3n) is 28.5. The molecule has 2 spiro atoms. The van der Waals surface area contributed by atoms with Crippen LogP contribution in [0.3, 0.4) is 0 Å². The van der Waals surface area contributed by atoms with Gasteiger partial charge >= 0.3 is 0 Å². The summed E-state index contributed by atoms with van der Waals surface area (Å²) in [7, 11) is 0. The summed E-state index contributed by atoms with van der Waals surface area (Å²) in [5.74, 6) is 0. The van der Waals surface area contributed by atoms with Gasteiger partial charge in [-0.25, -0.2) is 0 Å². The van der Waals surface area contributed by atoms with Crippen LogP contribution in [0.2, 0.25) is 0 Å². The molecule has 0 amide bonds. The zero-order chi connectivity index (χ0) is 85.4. The molecule has 0 saturated carbocycles. The smallest absolute Gasteiger partial charge is 0.0725 e. The summed E-state index contributed by atoms with van der Waals surface area (Å²) in [5, 5.41) is 0. The predicted molar refractivity (Wildman–Crippen MR) is 531 cm³/mol. The van der Waals surface area contributed by atoms with Crippen molar-refractivity contribution in [2.45, 2.75) is 118 Å². The maximum absolute atomic E-state index is 2.41. The molecule has 0 heterocycles. The second-order valence-electron chi connectivity index (χ2n) is 36.8. The molecule has 0 aromatic heterocycles. The van der Waals surface area contributed by atoms with Crippen molar-refractivity contribution in [3.63, 3.8) is 0 Å². The summed E-state index contributed by atoms with van der Waals surface area (Å²) >= 11 is 0. The molecule has 25 rings (SSSR count). The Bertz CT molecular complexity index is 6710. The van der Waals surface area contributed by atoms with Crippen molar-refractivity contribution >= 4 is 0 Å². The monoisotopic (exact) mass is 1620 g/mol. The minimum Gasteiger partial charge on any atom is -0.0776 e. The van der Waals surface area contributed by atoms with Crippen molar-refractivity contribution in [2.75, 3.05) is 0 Å². The Hall–Kier alpha value is -14.0. The van der Waals surface area contributed by atoms with Gasteiger partial charge in [0.25, 0.3) is 0 Å². The highest BCUT2D eigenvalue weighted by Gasteiger charge is 2.54. The Labute approximate surface area is 746 Å². The number of rotatable bonds is 4. The minimum absolute atomic E-state index is 0. The van der Waals surface area contributed by atoms with Gasteiger partial charge in [-0.3, -0.25) is 0 Å². The minimum atomic E-state index is -0.273. The molecule has 0 aliphatic heterocycles. The topological polar surface area (TPSA) is 0 Å². The van der Waals surface area contributed by atoms with Gasteiger partial charge in [0.05, 0.1) is 21.7 Å². The van der Waals surface area contributed by atoms with E-state index >= 15 is 0 Å². The molecule has 126 heavy (non-hydrogen) atoms. The molecule has 0 heteroatoms. The normalized spacial score (nSPS) is 14.3. The van der Waals surface area contributed by atoms with Gasteiger partial charge < -0.3 is 0 Å². The van der Waals surface area contributed by atoms with Crippen LogP contribution in [0.1, 0.15) is 177 Å². The van der Waals surface area contributed by atoms with E-state index in [0.717, 1.165) is 0 Å². The van der Waals surface area contributed by atoms with Gasteiger partial charge in [0.1, 0.15) is 0 Å². The molecule has 0 saturated heterocycles. The average molecular weight is 1620 g/mol. The lowest BCUT2D eigenvalue weighted by Gasteiger charge is -2.34. The lowest BCUT2D eigenvalue weighted by Crippen LogP contribution is -2.28. The number of benzene rings is 18. The van der Waals surface area contributed by atoms with E-state index in [4.69, 9.17) is 0 Å². The highest BCUT2D eigenvalue weighted by molar-refractivity contribution is 5.98. The van der Waals surface area contributed by atoms with Crippen molar-refractivity contribution < 1.29 is 0 Å². The van der Waals surface area contributed by atoms with E-state index in [9.17, 15) is 0 Å². The lowest BCUT2D eigenvalue weighted by atomic mass is 9.67. The Morgan fingerprint density at radius 1 is 0.127 bits per heavy atom. The molecule has 0 radical (unpaired) electrons. The summed E-state index contributed by atoms with van der Waals surface area (Å²) in [5.41, 5.74) is 56.8. The zero-order valence-corrected chi connectivity index (χ0v) is 73.6. The number of hydrogen-bond acceptors (Lipinski definition) is 0. The van der Waals surface area contributed by atoms with Crippen LogP contribution in [0.4, 0.5) is 0 Å². The molecule has 0 nitrogen and oxygen atoms in total. The van der Waals surface area contributed by atoms with Crippen molar-refractivity contribution in [2.24, 2.45) is 0 Å². The van der Waals surface area contributed by atoms with E-state index in [1.165, 1.54) is 234 Å². The highest BCUT2D eigenvalue weighted by atomic mass is 14.6. The van der Waals surface area contributed by atoms with E-state index in [1.807, 2.05) is 0 Å². The molecule has 18 aromatic carbocycles. The molecular formula is C126H106. The largest absolute Gasteiger partial charge is 0.0776 e. The summed E-state index contributed by atoms with van der Waals surface area (Å²) in [6.45, 7) is 26.5. The third kappa shape index (κ3) is 12.1. The summed E-state index contributed by atoms with van der Waals surface area (Å²) in [6, 6.07) is 149. The molecular weight excluding hydrogens is 1510 g/mol. The van der Waals surface area contributed by atoms with Gasteiger partial charge in [0.2, 0.25) is 0 Å². The number of aryl methyl sites for hydroxylation is 10. The van der Waals surface area contributed by atoms with Crippen molar-refractivity contribution in [1.29, 1.82) is 0 Å². The van der Waals surface area contributed by atoms with Gasteiger partial charge in [-0.2, -0.15) is 0 Å². The zero-order valence-electron chi connectivity index (χ0n) is 73.6. The summed E-state index contributed by atoms with van der Waals surface area (Å²) in [4.78, 5) is 0. The van der Waals surface area contributed by atoms with Gasteiger partial charge in [0.15, 0.2) is 0 Å². The first-order valence-corrected chi connectivity index (χ1v) is 44.6. The van der Waals surface area contributed by atoms with E-state index in [0.29, 0.717) is 0 Å². The summed E-state index contributed by atoms with van der Waals surface area (Å²) in [6.07, 6.45) is 0. The molecule has 610 valence electrons. The first-order valence-electron chi connectivity index (χ1n) is 44.6. The Morgan fingerprint density at radius 2 is 0.286 bits per heavy atom. The van der Waals surface area contributed by atoms with E-state index in [-0.39, 0.29) is 34.5 Å². The van der Waals surface area contributed by atoms with Crippen LogP contribution in [0.25, 0.3) is 77.9 Å². The van der Waals surface area contributed by atoms with Gasteiger partial charge in [0, 0.05) is 5.41 Å². The average Bonchev–Trinajstić information content (AvgIpc) is 1.52. The number of hydrogen-bond donors (Lipinski definition) is 0. The Morgan fingerprint density at radius 3 is 0.540 bits per heavy atom. The van der Waals surface area contributed by atoms with Crippen LogP contribution in [0.5, 0.6) is 0 Å². The number of fused-ring (bicyclic) bond motifs is 29. The first-order chi connectivity index (χ1) is 60.8. The van der Waals surface area contributed by atoms with Crippen LogP contribution in [0, 0.1) is 69.2 Å². The fourth-order valence-electron chi connectivity index (χ4n) is 23.2. The Balaban J connectivity index is 0.0000000999. The SMILES string of the molecule is C.Cc1ccc2c(c1)-c1cc(C)ccc1C2(c1ccccc1)c1ccccc1.Cc1ccc2c(c1)-c1cc(C)ccc1C21c2ccccc2-c2ccccc21.Cc1ccc2c(c1)C(C)(C)c1cc(C)ccc1-2.Cc1ccc2c(c1)C(c1ccccc1)(c1ccccc1)c1cc(C)ccc1-2.Cc1ccc2c(c1)C1(c3ccccc3-c3ccccc31)c1cc(C)ccc1-2. The molecule has 0 atom stereocenters. The van der Waals surface area contributed by atoms with Crippen molar-refractivity contribution in [3.8, 4) is 77.9 Å². The molecule has 7 aliphatic rings. The quantitative estimate of drug-likeness (QED) is 0.165. The molecule has 18 aromatic rings. The van der Waals surface area contributed by atoms with Crippen LogP contribution in [-0.2, 0) is 27.1 Å². The third-order valence-corrected chi connectivity index (χ3v) is 28.5. The van der Waals surface area contributed by atoms with Crippen molar-refractivity contribution in [3.05, 3.63) is 556 Å². The first kappa shape index (κ1) is 80.4. The standard InChI is InChI=1S/2C27H20.2C27H22.C17H18.CH4/c1-17-11-13-25-21(15-17)22-16-18(2)12-14-26(22)27(25)23-9-5-3-7-19(23)20-8-4-6-10-24(20)27;1-17-11-13-21-22-14-12-18(2)16-26(22)27(25(21)15-17)23-9-5-3-7-19(23)20-8-4-6-10-24(20)27;1-19-13-15-25-23(17-19)24-18-20(2)14-16-26(24)27(25,21-9-5-3-6-10-21)22-11-7-4-8-12-22;1-19-13-15-23-24-16-14-20(2)18-26(24)27(25(23)17-19,21-9-5-3-6-10-21)22-11-7-4-8-12-22;1-11-5-7-13-14-8-6-12(2)10-16(14)17(3,4)15(13)9-11;/h2*3-16H,1-2H3;2*3-18H,1-2H3;5-10H,1-4H3;1H4. The van der Waals surface area contributed by atoms with Crippen LogP contribution >= 0.6 is 0 Å².